The molecule has 3 aromatic rings. The summed E-state index contributed by atoms with van der Waals surface area (Å²) < 4.78 is 43.1. The van der Waals surface area contributed by atoms with Crippen molar-refractivity contribution in [1.82, 2.24) is 14.2 Å². The number of sulfonamides is 1. The molecule has 1 aliphatic rings. The number of carbonyl (C=O) groups excluding carboxylic acids is 1. The van der Waals surface area contributed by atoms with Crippen LogP contribution in [0.25, 0.3) is 5.69 Å². The van der Waals surface area contributed by atoms with Crippen LogP contribution in [-0.4, -0.2) is 42.9 Å². The van der Waals surface area contributed by atoms with Crippen molar-refractivity contribution in [2.45, 2.75) is 44.6 Å². The summed E-state index contributed by atoms with van der Waals surface area (Å²) in [4.78, 5) is 15.3. The Hall–Kier alpha value is -2.97. The highest BCUT2D eigenvalue weighted by Crippen LogP contribution is 2.25. The smallest absolute Gasteiger partial charge is 0.255 e. The quantitative estimate of drug-likeness (QED) is 0.611. The summed E-state index contributed by atoms with van der Waals surface area (Å²) in [7, 11) is -3.74. The van der Waals surface area contributed by atoms with Crippen molar-refractivity contribution in [1.29, 1.82) is 0 Å². The zero-order chi connectivity index (χ0) is 23.8. The summed E-state index contributed by atoms with van der Waals surface area (Å²) in [6.07, 6.45) is 1.02. The molecule has 1 saturated heterocycles. The number of carbonyl (C=O) groups is 1. The number of hydrogen-bond donors (Lipinski definition) is 1. The molecule has 0 unspecified atom stereocenters. The molecule has 174 valence electrons. The topological polar surface area (TPSA) is 71.4 Å². The van der Waals surface area contributed by atoms with Gasteiger partial charge in [-0.2, -0.15) is 0 Å². The second-order valence-electron chi connectivity index (χ2n) is 8.61. The normalized spacial score (nSPS) is 15.1. The Kier molecular flexibility index (Phi) is 6.41. The molecule has 0 saturated carbocycles. The molecule has 0 spiro atoms. The van der Waals surface area contributed by atoms with Crippen molar-refractivity contribution >= 4 is 15.9 Å². The van der Waals surface area contributed by atoms with E-state index in [0.29, 0.717) is 31.5 Å². The average molecular weight is 470 g/mol. The van der Waals surface area contributed by atoms with Gasteiger partial charge in [0.15, 0.2) is 0 Å². The Balaban J connectivity index is 1.48. The van der Waals surface area contributed by atoms with Crippen LogP contribution in [0.3, 0.4) is 0 Å². The number of aromatic nitrogens is 1. The van der Waals surface area contributed by atoms with Crippen LogP contribution in [0.1, 0.15) is 40.2 Å². The third-order valence-corrected chi connectivity index (χ3v) is 7.66. The molecule has 1 aliphatic heterocycles. The van der Waals surface area contributed by atoms with Crippen molar-refractivity contribution in [3.05, 3.63) is 82.9 Å². The van der Waals surface area contributed by atoms with Crippen LogP contribution in [0.15, 0.2) is 59.5 Å². The first kappa shape index (κ1) is 23.2. The van der Waals surface area contributed by atoms with Crippen molar-refractivity contribution in [3.63, 3.8) is 0 Å². The van der Waals surface area contributed by atoms with Gasteiger partial charge >= 0.3 is 0 Å². The maximum Gasteiger partial charge on any atom is 0.255 e. The molecule has 1 aromatic heterocycles. The minimum absolute atomic E-state index is 0.0317. The minimum Gasteiger partial charge on any atom is -0.338 e. The van der Waals surface area contributed by atoms with E-state index in [-0.39, 0.29) is 16.8 Å². The van der Waals surface area contributed by atoms with Crippen LogP contribution in [0.4, 0.5) is 4.39 Å². The molecular weight excluding hydrogens is 441 g/mol. The lowest BCUT2D eigenvalue weighted by atomic mass is 10.0. The van der Waals surface area contributed by atoms with E-state index >= 15 is 0 Å². The van der Waals surface area contributed by atoms with Gasteiger partial charge in [-0.3, -0.25) is 4.79 Å². The number of hydrogen-bond acceptors (Lipinski definition) is 3. The molecule has 4 rings (SSSR count). The number of benzene rings is 2. The zero-order valence-electron chi connectivity index (χ0n) is 19.0. The third kappa shape index (κ3) is 4.86. The first-order valence-electron chi connectivity index (χ1n) is 11.0. The van der Waals surface area contributed by atoms with Crippen LogP contribution in [0.5, 0.6) is 0 Å². The molecule has 0 bridgehead atoms. The van der Waals surface area contributed by atoms with Gasteiger partial charge in [0, 0.05) is 30.5 Å². The number of rotatable bonds is 5. The fraction of sp³-hybridized carbons (Fsp3) is 0.320. The maximum absolute atomic E-state index is 13.5. The molecule has 1 fully saturated rings. The monoisotopic (exact) mass is 469 g/mol. The summed E-state index contributed by atoms with van der Waals surface area (Å²) >= 11 is 0. The Labute approximate surface area is 194 Å². The second kappa shape index (κ2) is 9.11. The largest absolute Gasteiger partial charge is 0.338 e. The van der Waals surface area contributed by atoms with Gasteiger partial charge in [-0.05, 0) is 82.1 Å². The summed E-state index contributed by atoms with van der Waals surface area (Å²) in [6, 6.07) is 14.4. The molecular formula is C25H28FN3O3S. The molecule has 2 heterocycles. The molecule has 0 radical (unpaired) electrons. The lowest BCUT2D eigenvalue weighted by molar-refractivity contribution is 0.0711. The number of nitrogens with zero attached hydrogens (tertiary/aromatic N) is 2. The van der Waals surface area contributed by atoms with E-state index in [1.165, 1.54) is 12.1 Å². The highest BCUT2D eigenvalue weighted by molar-refractivity contribution is 7.89. The Morgan fingerprint density at radius 2 is 1.55 bits per heavy atom. The first-order chi connectivity index (χ1) is 15.7. The van der Waals surface area contributed by atoms with Gasteiger partial charge in [-0.25, -0.2) is 17.5 Å². The molecule has 6 nitrogen and oxygen atoms in total. The summed E-state index contributed by atoms with van der Waals surface area (Å²) in [5, 5.41) is 0. The van der Waals surface area contributed by atoms with Gasteiger partial charge in [0.2, 0.25) is 10.0 Å². The highest BCUT2D eigenvalue weighted by atomic mass is 32.2. The summed E-state index contributed by atoms with van der Waals surface area (Å²) in [5.74, 6) is -0.539. The molecule has 1 N–H and O–H groups in total. The summed E-state index contributed by atoms with van der Waals surface area (Å²) in [5.41, 5.74) is 4.61. The van der Waals surface area contributed by atoms with E-state index < -0.39 is 15.8 Å². The van der Waals surface area contributed by atoms with Crippen molar-refractivity contribution in [3.8, 4) is 5.69 Å². The van der Waals surface area contributed by atoms with E-state index in [4.69, 9.17) is 0 Å². The van der Waals surface area contributed by atoms with Gasteiger partial charge in [0.25, 0.3) is 5.91 Å². The zero-order valence-corrected chi connectivity index (χ0v) is 19.8. The Bertz CT molecular complexity index is 1260. The molecule has 2 aromatic carbocycles. The van der Waals surface area contributed by atoms with Crippen LogP contribution in [-0.2, 0) is 10.0 Å². The number of amides is 1. The number of aryl methyl sites for hydroxylation is 3. The van der Waals surface area contributed by atoms with Crippen molar-refractivity contribution in [2.24, 2.45) is 0 Å². The van der Waals surface area contributed by atoms with E-state index in [2.05, 4.69) is 9.29 Å². The number of piperidine rings is 1. The number of likely N-dealkylation sites (tertiary alicyclic amines) is 1. The van der Waals surface area contributed by atoms with Crippen LogP contribution < -0.4 is 4.72 Å². The molecule has 33 heavy (non-hydrogen) atoms. The van der Waals surface area contributed by atoms with E-state index in [9.17, 15) is 17.6 Å². The molecule has 0 atom stereocenters. The molecule has 0 aliphatic carbocycles. The Morgan fingerprint density at radius 1 is 0.939 bits per heavy atom. The van der Waals surface area contributed by atoms with Gasteiger partial charge in [0.05, 0.1) is 16.1 Å². The number of nitrogens with one attached hydrogen (secondary N) is 1. The van der Waals surface area contributed by atoms with Gasteiger partial charge in [-0.15, -0.1) is 0 Å². The highest BCUT2D eigenvalue weighted by Gasteiger charge is 2.28. The fourth-order valence-electron chi connectivity index (χ4n) is 4.34. The van der Waals surface area contributed by atoms with Crippen LogP contribution >= 0.6 is 0 Å². The third-order valence-electron chi connectivity index (χ3n) is 6.12. The van der Waals surface area contributed by atoms with Gasteiger partial charge in [-0.1, -0.05) is 11.6 Å². The van der Waals surface area contributed by atoms with E-state index in [1.54, 1.807) is 4.90 Å². The SMILES string of the molecule is Cc1ccc(-n2c(C)ccc2C)c(C(=O)N2CCC(NS(=O)(=O)c3ccc(F)cc3)CC2)c1. The predicted octanol–water partition coefficient (Wildman–Crippen LogP) is 4.12. The average Bonchev–Trinajstić information content (AvgIpc) is 3.12. The lowest BCUT2D eigenvalue weighted by Gasteiger charge is -2.33. The van der Waals surface area contributed by atoms with Gasteiger partial charge < -0.3 is 9.47 Å². The lowest BCUT2D eigenvalue weighted by Crippen LogP contribution is -2.46. The Morgan fingerprint density at radius 3 is 2.15 bits per heavy atom. The van der Waals surface area contributed by atoms with Crippen LogP contribution in [0, 0.1) is 26.6 Å². The summed E-state index contributed by atoms with van der Waals surface area (Å²) in [6.45, 7) is 6.89. The first-order valence-corrected chi connectivity index (χ1v) is 12.5. The number of halogens is 1. The standard InChI is InChI=1S/C25H28FN3O3S/c1-17-4-11-24(29-18(2)5-6-19(29)3)23(16-17)25(30)28-14-12-21(13-15-28)27-33(31,32)22-9-7-20(26)8-10-22/h4-11,16,21,27H,12-15H2,1-3H3. The maximum atomic E-state index is 13.5. The van der Waals surface area contributed by atoms with Gasteiger partial charge in [0.1, 0.15) is 5.82 Å². The second-order valence-corrected chi connectivity index (χ2v) is 10.3. The van der Waals surface area contributed by atoms with Crippen molar-refractivity contribution in [2.75, 3.05) is 13.1 Å². The molecule has 1 amide bonds. The van der Waals surface area contributed by atoms with Crippen molar-refractivity contribution < 1.29 is 17.6 Å². The predicted molar refractivity (Wildman–Crippen MR) is 126 cm³/mol. The van der Waals surface area contributed by atoms with E-state index in [1.807, 2.05) is 51.1 Å². The molecule has 8 heteroatoms. The van der Waals surface area contributed by atoms with Crippen LogP contribution in [0.2, 0.25) is 0 Å². The van der Waals surface area contributed by atoms with E-state index in [0.717, 1.165) is 34.8 Å². The fourth-order valence-corrected chi connectivity index (χ4v) is 5.64. The minimum atomic E-state index is -3.74.